The molecule has 2 aliphatic rings. The number of nitrogens with zero attached hydrogens (tertiary/aromatic N) is 4. The first-order valence-electron chi connectivity index (χ1n) is 5.26. The topological polar surface area (TPSA) is 13.0 Å². The molecule has 2 heterocycles. The first kappa shape index (κ1) is 19.8. The molecular formula is C10H16N4PtS4. The molecule has 0 fully saturated rings. The van der Waals surface area contributed by atoms with Gasteiger partial charge in [-0.05, 0) is 38.9 Å². The molecule has 110 valence electrons. The quantitative estimate of drug-likeness (QED) is 0.316. The van der Waals surface area contributed by atoms with E-state index in [1.165, 1.54) is 19.7 Å². The van der Waals surface area contributed by atoms with Crippen molar-refractivity contribution in [2.75, 3.05) is 27.2 Å². The van der Waals surface area contributed by atoms with E-state index in [9.17, 15) is 0 Å². The molecule has 0 spiro atoms. The Balaban J connectivity index is 0.000000576. The largest absolute Gasteiger partial charge is 4.00 e. The standard InChI is InChI=1S/C10H16N4.Pt.H2S4/c1-11-3-5-13(9-11)7-8-14-6-4-12(2)10-14;;1-3-4-2/h3-6,9-10H,7-8H2,1-2H3;;1-2H/q-2;+4;/p-2. The van der Waals surface area contributed by atoms with Crippen molar-refractivity contribution in [1.82, 2.24) is 19.6 Å². The summed E-state index contributed by atoms with van der Waals surface area (Å²) in [5.41, 5.74) is 0. The van der Waals surface area contributed by atoms with Gasteiger partial charge in [0, 0.05) is 13.1 Å². The van der Waals surface area contributed by atoms with Crippen LogP contribution in [0.4, 0.5) is 0 Å². The van der Waals surface area contributed by atoms with Gasteiger partial charge in [-0.3, -0.25) is 19.7 Å². The van der Waals surface area contributed by atoms with Gasteiger partial charge in [-0.25, -0.2) is 0 Å². The zero-order valence-corrected chi connectivity index (χ0v) is 16.2. The Morgan fingerprint density at radius 2 is 1.21 bits per heavy atom. The molecule has 2 rings (SSSR count). The second-order valence-corrected chi connectivity index (χ2v) is 7.31. The van der Waals surface area contributed by atoms with Crippen LogP contribution in [0.5, 0.6) is 0 Å². The van der Waals surface area contributed by atoms with Gasteiger partial charge >= 0.3 is 21.1 Å². The molecule has 19 heavy (non-hydrogen) atoms. The van der Waals surface area contributed by atoms with E-state index in [0.717, 1.165) is 13.1 Å². The average Bonchev–Trinajstić information content (AvgIpc) is 2.96. The van der Waals surface area contributed by atoms with E-state index >= 15 is 0 Å². The molecule has 0 unspecified atom stereocenters. The maximum Gasteiger partial charge on any atom is 4.00 e. The summed E-state index contributed by atoms with van der Waals surface area (Å²) in [7, 11) is 6.41. The summed E-state index contributed by atoms with van der Waals surface area (Å²) in [5, 5.41) is 0. The molecule has 0 aromatic rings. The van der Waals surface area contributed by atoms with E-state index in [1.54, 1.807) is 0 Å². The predicted octanol–water partition coefficient (Wildman–Crippen LogP) is 1.95. The van der Waals surface area contributed by atoms with Crippen molar-refractivity contribution in [2.45, 2.75) is 0 Å². The minimum absolute atomic E-state index is 0. The van der Waals surface area contributed by atoms with Crippen molar-refractivity contribution in [3.05, 3.63) is 38.1 Å². The maximum absolute atomic E-state index is 4.33. The molecule has 0 atom stereocenters. The van der Waals surface area contributed by atoms with Gasteiger partial charge in [0.25, 0.3) is 0 Å². The molecule has 0 saturated heterocycles. The number of hydrogen-bond donors (Lipinski definition) is 0. The number of hydrogen-bond acceptors (Lipinski definition) is 8. The molecule has 0 aliphatic carbocycles. The average molecular weight is 516 g/mol. The van der Waals surface area contributed by atoms with Gasteiger partial charge in [0.05, 0.1) is 0 Å². The third kappa shape index (κ3) is 8.60. The van der Waals surface area contributed by atoms with Gasteiger partial charge in [0.1, 0.15) is 0 Å². The molecule has 0 aromatic carbocycles. The van der Waals surface area contributed by atoms with Crippen LogP contribution in [0, 0.1) is 13.3 Å². The summed E-state index contributed by atoms with van der Waals surface area (Å²) < 4.78 is 0. The number of rotatable bonds is 4. The van der Waals surface area contributed by atoms with E-state index in [0.29, 0.717) is 0 Å². The zero-order chi connectivity index (χ0) is 13.4. The Morgan fingerprint density at radius 3 is 1.42 bits per heavy atom. The van der Waals surface area contributed by atoms with Crippen LogP contribution in [0.15, 0.2) is 24.8 Å². The normalized spacial score (nSPS) is 16.6. The van der Waals surface area contributed by atoms with Crippen molar-refractivity contribution in [1.29, 1.82) is 0 Å². The maximum atomic E-state index is 4.33. The van der Waals surface area contributed by atoms with Crippen LogP contribution in [-0.4, -0.2) is 46.8 Å². The SMILES string of the molecule is CN1C=CN(CCN2C=CN(C)[CH-]2)[CH-]1.[Pt+4].[S-]SS[S-]. The van der Waals surface area contributed by atoms with Crippen LogP contribution in [0.3, 0.4) is 0 Å². The summed E-state index contributed by atoms with van der Waals surface area (Å²) >= 11 is 8.66. The minimum atomic E-state index is 0. The van der Waals surface area contributed by atoms with Gasteiger partial charge in [0.2, 0.25) is 0 Å². The van der Waals surface area contributed by atoms with Crippen molar-refractivity contribution < 1.29 is 21.1 Å². The Hall–Kier alpha value is 0.768. The fraction of sp³-hybridized carbons (Fsp3) is 0.400. The van der Waals surface area contributed by atoms with Crippen LogP contribution in [0.25, 0.3) is 0 Å². The Bertz CT molecular complexity index is 265. The molecule has 0 bridgehead atoms. The van der Waals surface area contributed by atoms with E-state index in [-0.39, 0.29) is 21.1 Å². The molecule has 0 radical (unpaired) electrons. The van der Waals surface area contributed by atoms with E-state index < -0.39 is 0 Å². The first-order chi connectivity index (χ1) is 8.65. The molecule has 0 saturated carbocycles. The Morgan fingerprint density at radius 1 is 0.842 bits per heavy atom. The van der Waals surface area contributed by atoms with Gasteiger partial charge in [-0.1, -0.05) is 0 Å². The molecule has 0 aromatic heterocycles. The summed E-state index contributed by atoms with van der Waals surface area (Å²) in [4.78, 5) is 8.46. The second-order valence-electron chi connectivity index (χ2n) is 3.77. The third-order valence-electron chi connectivity index (χ3n) is 2.29. The van der Waals surface area contributed by atoms with E-state index in [1.807, 2.05) is 14.1 Å². The zero-order valence-electron chi connectivity index (χ0n) is 10.6. The van der Waals surface area contributed by atoms with Crippen LogP contribution in [0.2, 0.25) is 0 Å². The fourth-order valence-corrected chi connectivity index (χ4v) is 1.50. The first-order valence-corrected chi connectivity index (χ1v) is 9.26. The van der Waals surface area contributed by atoms with Crippen molar-refractivity contribution in [2.24, 2.45) is 0 Å². The third-order valence-corrected chi connectivity index (χ3v) is 4.51. The Kier molecular flexibility index (Phi) is 11.9. The van der Waals surface area contributed by atoms with Gasteiger partial charge in [-0.2, -0.15) is 13.3 Å². The summed E-state index contributed by atoms with van der Waals surface area (Å²) in [6.45, 7) is 6.19. The van der Waals surface area contributed by atoms with E-state index in [2.05, 4.69) is 81.1 Å². The molecule has 2 aliphatic heterocycles. The smallest absolute Gasteiger partial charge is 0.709 e. The molecule has 9 heteroatoms. The van der Waals surface area contributed by atoms with Crippen molar-refractivity contribution in [3.63, 3.8) is 0 Å². The van der Waals surface area contributed by atoms with Gasteiger partial charge in [0.15, 0.2) is 0 Å². The minimum Gasteiger partial charge on any atom is -0.709 e. The van der Waals surface area contributed by atoms with Crippen LogP contribution >= 0.6 is 19.7 Å². The van der Waals surface area contributed by atoms with Crippen molar-refractivity contribution in [3.8, 4) is 0 Å². The summed E-state index contributed by atoms with van der Waals surface area (Å²) in [6.07, 6.45) is 8.28. The van der Waals surface area contributed by atoms with Crippen LogP contribution in [0.1, 0.15) is 0 Å². The molecule has 4 nitrogen and oxygen atoms in total. The predicted molar refractivity (Wildman–Crippen MR) is 85.7 cm³/mol. The summed E-state index contributed by atoms with van der Waals surface area (Å²) in [6, 6.07) is 0. The van der Waals surface area contributed by atoms with E-state index in [4.69, 9.17) is 0 Å². The van der Waals surface area contributed by atoms with Crippen LogP contribution < -0.4 is 0 Å². The Labute approximate surface area is 148 Å². The van der Waals surface area contributed by atoms with Gasteiger partial charge in [-0.15, -0.1) is 0 Å². The molecular weight excluding hydrogens is 499 g/mol. The summed E-state index contributed by atoms with van der Waals surface area (Å²) in [5.74, 6) is 0. The second kappa shape index (κ2) is 11.4. The fourth-order valence-electron chi connectivity index (χ4n) is 1.50. The molecule has 0 amide bonds. The van der Waals surface area contributed by atoms with Gasteiger partial charge < -0.3 is 42.9 Å². The van der Waals surface area contributed by atoms with Crippen molar-refractivity contribution >= 4 is 43.0 Å². The monoisotopic (exact) mass is 515 g/mol. The van der Waals surface area contributed by atoms with Crippen LogP contribution in [-0.2, 0) is 44.4 Å². The molecule has 0 N–H and O–H groups in total.